The highest BCUT2D eigenvalue weighted by Gasteiger charge is 1.97. The van der Waals surface area contributed by atoms with E-state index in [9.17, 15) is 0 Å². The summed E-state index contributed by atoms with van der Waals surface area (Å²) < 4.78 is 4.87. The molecule has 0 aliphatic heterocycles. The predicted molar refractivity (Wildman–Crippen MR) is 80.1 cm³/mol. The minimum absolute atomic E-state index is 0.313. The average molecular weight is 360 g/mol. The molecule has 0 saturated carbocycles. The van der Waals surface area contributed by atoms with Crippen molar-refractivity contribution in [2.45, 2.75) is 0 Å². The Hall–Kier alpha value is -0.450. The van der Waals surface area contributed by atoms with Gasteiger partial charge in [0.2, 0.25) is 0 Å². The maximum absolute atomic E-state index is 5.55. The van der Waals surface area contributed by atoms with Crippen LogP contribution in [0.15, 0.2) is 24.3 Å². The Kier molecular flexibility index (Phi) is 6.97. The summed E-state index contributed by atoms with van der Waals surface area (Å²) in [5, 5.41) is 1.80. The van der Waals surface area contributed by atoms with Gasteiger partial charge in [0.1, 0.15) is 26.4 Å². The minimum Gasteiger partial charge on any atom is -0.497 e. The molecule has 0 aromatic carbocycles. The van der Waals surface area contributed by atoms with Crippen LogP contribution in [0.2, 0.25) is 25.6 Å². The summed E-state index contributed by atoms with van der Waals surface area (Å²) in [7, 11) is 1.54. The van der Waals surface area contributed by atoms with E-state index in [1.165, 1.54) is 12.1 Å². The lowest BCUT2D eigenvalue weighted by Crippen LogP contribution is -1.84. The number of methoxy groups -OCH3 is 1. The van der Waals surface area contributed by atoms with Gasteiger partial charge in [0.25, 0.3) is 0 Å². The second kappa shape index (κ2) is 7.98. The molecule has 0 saturated heterocycles. The highest BCUT2D eigenvalue weighted by molar-refractivity contribution is 6.36. The van der Waals surface area contributed by atoms with Crippen LogP contribution in [0.1, 0.15) is 0 Å². The van der Waals surface area contributed by atoms with Gasteiger partial charge >= 0.3 is 0 Å². The van der Waals surface area contributed by atoms with Crippen LogP contribution in [-0.2, 0) is 0 Å². The zero-order valence-electron chi connectivity index (χ0n) is 9.50. The van der Waals surface area contributed by atoms with Crippen molar-refractivity contribution in [1.29, 1.82) is 0 Å². The molecule has 19 heavy (non-hydrogen) atoms. The Bertz CT molecular complexity index is 494. The standard InChI is InChI=1S/C6H5Cl2NO.C5H2Cl3N/c1-10-4-2-5(7)9-6(8)3-4;6-3-1-4(7)9-5(8)2-3/h2-3H,1H3;1-2H. The van der Waals surface area contributed by atoms with E-state index >= 15 is 0 Å². The molecule has 0 fully saturated rings. The number of ether oxygens (including phenoxy) is 1. The highest BCUT2D eigenvalue weighted by Crippen LogP contribution is 2.19. The molecular formula is C11H7Cl5N2O. The molecule has 0 N–H and O–H groups in total. The summed E-state index contributed by atoms with van der Waals surface area (Å²) in [5.74, 6) is 0.616. The molecule has 2 heterocycles. The SMILES string of the molecule is COc1cc(Cl)nc(Cl)c1.Clc1cc(Cl)nc(Cl)c1. The molecule has 0 radical (unpaired) electrons. The van der Waals surface area contributed by atoms with E-state index in [1.54, 1.807) is 19.2 Å². The van der Waals surface area contributed by atoms with Gasteiger partial charge in [-0.25, -0.2) is 9.97 Å². The lowest BCUT2D eigenvalue weighted by Gasteiger charge is -1.98. The Morgan fingerprint density at radius 3 is 1.42 bits per heavy atom. The Morgan fingerprint density at radius 2 is 1.11 bits per heavy atom. The molecule has 0 amide bonds. The molecule has 0 aliphatic rings. The lowest BCUT2D eigenvalue weighted by atomic mass is 10.4. The molecule has 2 rings (SSSR count). The fourth-order valence-corrected chi connectivity index (χ4v) is 2.22. The maximum atomic E-state index is 5.55. The topological polar surface area (TPSA) is 35.0 Å². The van der Waals surface area contributed by atoms with Crippen molar-refractivity contribution < 1.29 is 4.74 Å². The zero-order valence-corrected chi connectivity index (χ0v) is 13.3. The van der Waals surface area contributed by atoms with Crippen LogP contribution in [-0.4, -0.2) is 17.1 Å². The number of nitrogens with zero attached hydrogens (tertiary/aromatic N) is 2. The normalized spacial score (nSPS) is 9.58. The van der Waals surface area contributed by atoms with Crippen molar-refractivity contribution in [1.82, 2.24) is 9.97 Å². The van der Waals surface area contributed by atoms with E-state index < -0.39 is 0 Å². The molecule has 3 nitrogen and oxygen atoms in total. The van der Waals surface area contributed by atoms with E-state index in [1.807, 2.05) is 0 Å². The van der Waals surface area contributed by atoms with Crippen LogP contribution in [0.25, 0.3) is 0 Å². The summed E-state index contributed by atoms with van der Waals surface area (Å²) >= 11 is 27.6. The number of rotatable bonds is 1. The van der Waals surface area contributed by atoms with Crippen molar-refractivity contribution in [2.75, 3.05) is 7.11 Å². The number of hydrogen-bond acceptors (Lipinski definition) is 3. The van der Waals surface area contributed by atoms with Crippen LogP contribution in [0.5, 0.6) is 5.75 Å². The van der Waals surface area contributed by atoms with Crippen LogP contribution >= 0.6 is 58.0 Å². The molecule has 2 aromatic heterocycles. The summed E-state index contributed by atoms with van der Waals surface area (Å²) in [6, 6.07) is 6.23. The summed E-state index contributed by atoms with van der Waals surface area (Å²) in [4.78, 5) is 7.41. The second-order valence-corrected chi connectivity index (χ2v) is 5.07. The third-order valence-electron chi connectivity index (χ3n) is 1.70. The third-order valence-corrected chi connectivity index (χ3v) is 2.69. The highest BCUT2D eigenvalue weighted by atomic mass is 35.5. The molecule has 102 valence electrons. The molecular weight excluding hydrogens is 353 g/mol. The first kappa shape index (κ1) is 16.6. The van der Waals surface area contributed by atoms with Crippen molar-refractivity contribution in [3.05, 3.63) is 49.9 Å². The van der Waals surface area contributed by atoms with Gasteiger partial charge in [-0.2, -0.15) is 0 Å². The summed E-state index contributed by atoms with van der Waals surface area (Å²) in [6.07, 6.45) is 0. The van der Waals surface area contributed by atoms with Gasteiger partial charge < -0.3 is 4.74 Å². The first-order chi connectivity index (χ1) is 8.90. The second-order valence-electron chi connectivity index (χ2n) is 3.08. The van der Waals surface area contributed by atoms with Crippen molar-refractivity contribution in [2.24, 2.45) is 0 Å². The molecule has 0 aliphatic carbocycles. The van der Waals surface area contributed by atoms with Gasteiger partial charge in [0, 0.05) is 17.2 Å². The largest absolute Gasteiger partial charge is 0.497 e. The maximum Gasteiger partial charge on any atom is 0.134 e. The molecule has 8 heteroatoms. The van der Waals surface area contributed by atoms with E-state index in [0.29, 0.717) is 31.4 Å². The first-order valence-electron chi connectivity index (χ1n) is 4.76. The van der Waals surface area contributed by atoms with Crippen molar-refractivity contribution >= 4 is 58.0 Å². The van der Waals surface area contributed by atoms with E-state index in [4.69, 9.17) is 62.7 Å². The number of halogens is 5. The summed E-state index contributed by atoms with van der Waals surface area (Å²) in [5.41, 5.74) is 0. The molecule has 0 bridgehead atoms. The molecule has 2 aromatic rings. The smallest absolute Gasteiger partial charge is 0.134 e. The number of aromatic nitrogens is 2. The van der Waals surface area contributed by atoms with Gasteiger partial charge in [0.05, 0.1) is 7.11 Å². The van der Waals surface area contributed by atoms with Gasteiger partial charge in [-0.3, -0.25) is 0 Å². The fourth-order valence-electron chi connectivity index (χ4n) is 0.997. The molecule has 0 atom stereocenters. The van der Waals surface area contributed by atoms with Crippen molar-refractivity contribution in [3.8, 4) is 5.75 Å². The minimum atomic E-state index is 0.313. The third kappa shape index (κ3) is 6.50. The van der Waals surface area contributed by atoms with Gasteiger partial charge in [-0.05, 0) is 12.1 Å². The average Bonchev–Trinajstić information content (AvgIpc) is 2.26. The Balaban J connectivity index is 0.000000191. The molecule has 0 unspecified atom stereocenters. The van der Waals surface area contributed by atoms with E-state index in [-0.39, 0.29) is 0 Å². The quantitative estimate of drug-likeness (QED) is 0.635. The van der Waals surface area contributed by atoms with Crippen LogP contribution < -0.4 is 4.74 Å². The summed E-state index contributed by atoms with van der Waals surface area (Å²) in [6.45, 7) is 0. The first-order valence-corrected chi connectivity index (χ1v) is 6.65. The van der Waals surface area contributed by atoms with E-state index in [2.05, 4.69) is 9.97 Å². The lowest BCUT2D eigenvalue weighted by molar-refractivity contribution is 0.414. The van der Waals surface area contributed by atoms with Gasteiger partial charge in [-0.1, -0.05) is 58.0 Å². The zero-order chi connectivity index (χ0) is 14.4. The fraction of sp³-hybridized carbons (Fsp3) is 0.0909. The van der Waals surface area contributed by atoms with Crippen LogP contribution in [0.4, 0.5) is 0 Å². The van der Waals surface area contributed by atoms with E-state index in [0.717, 1.165) is 0 Å². The number of pyridine rings is 2. The monoisotopic (exact) mass is 358 g/mol. The Morgan fingerprint density at radius 1 is 0.737 bits per heavy atom. The van der Waals surface area contributed by atoms with Crippen LogP contribution in [0, 0.1) is 0 Å². The predicted octanol–water partition coefficient (Wildman–Crippen LogP) is 5.44. The van der Waals surface area contributed by atoms with Gasteiger partial charge in [0.15, 0.2) is 0 Å². The molecule has 0 spiro atoms. The number of hydrogen-bond donors (Lipinski definition) is 0. The van der Waals surface area contributed by atoms with Crippen LogP contribution in [0.3, 0.4) is 0 Å². The van der Waals surface area contributed by atoms with Crippen molar-refractivity contribution in [3.63, 3.8) is 0 Å². The van der Waals surface area contributed by atoms with Gasteiger partial charge in [-0.15, -0.1) is 0 Å². The Labute approximate surface area is 135 Å².